The molecule has 0 atom stereocenters. The van der Waals surface area contributed by atoms with E-state index in [1.807, 2.05) is 18.2 Å². The van der Waals surface area contributed by atoms with Gasteiger partial charge in [-0.15, -0.1) is 0 Å². The summed E-state index contributed by atoms with van der Waals surface area (Å²) in [6.45, 7) is 0. The molecule has 2 aromatic rings. The normalized spacial score (nSPS) is 18.6. The van der Waals surface area contributed by atoms with Crippen LogP contribution in [0.25, 0.3) is 11.1 Å². The number of fused-ring (bicyclic) bond motifs is 1. The van der Waals surface area contributed by atoms with Crippen LogP contribution in [0.4, 0.5) is 0 Å². The third-order valence-corrected chi connectivity index (χ3v) is 2.76. The lowest BCUT2D eigenvalue weighted by molar-refractivity contribution is 0.151. The lowest BCUT2D eigenvalue weighted by atomic mass is 10.1. The van der Waals surface area contributed by atoms with Crippen LogP contribution in [-0.2, 0) is 6.42 Å². The minimum atomic E-state index is -0.437. The topological polar surface area (TPSA) is 46.3 Å². The van der Waals surface area contributed by atoms with Crippen molar-refractivity contribution in [2.45, 2.75) is 24.9 Å². The standard InChI is InChI=1S/C11H11NO2/c13-11(3-4-11)6-8-1-2-9-10(5-8)14-7-12-9/h1-2,5,7,13H,3-4,6H2. The van der Waals surface area contributed by atoms with Gasteiger partial charge in [0.2, 0.25) is 0 Å². The van der Waals surface area contributed by atoms with Crippen LogP contribution < -0.4 is 0 Å². The van der Waals surface area contributed by atoms with Crippen molar-refractivity contribution in [2.75, 3.05) is 0 Å². The van der Waals surface area contributed by atoms with Crippen molar-refractivity contribution in [2.24, 2.45) is 0 Å². The van der Waals surface area contributed by atoms with Gasteiger partial charge in [0, 0.05) is 6.42 Å². The number of hydrogen-bond acceptors (Lipinski definition) is 3. The summed E-state index contributed by atoms with van der Waals surface area (Å²) in [6, 6.07) is 5.89. The van der Waals surface area contributed by atoms with Gasteiger partial charge < -0.3 is 9.52 Å². The molecule has 72 valence electrons. The van der Waals surface area contributed by atoms with Crippen LogP contribution in [0.2, 0.25) is 0 Å². The molecule has 0 saturated heterocycles. The molecule has 3 rings (SSSR count). The molecule has 0 unspecified atom stereocenters. The Kier molecular flexibility index (Phi) is 1.47. The van der Waals surface area contributed by atoms with Crippen molar-refractivity contribution in [3.05, 3.63) is 30.2 Å². The second-order valence-corrected chi connectivity index (χ2v) is 4.06. The fourth-order valence-corrected chi connectivity index (χ4v) is 1.71. The average molecular weight is 189 g/mol. The first-order chi connectivity index (χ1) is 6.75. The van der Waals surface area contributed by atoms with Crippen LogP contribution in [-0.4, -0.2) is 15.7 Å². The van der Waals surface area contributed by atoms with Crippen molar-refractivity contribution in [1.82, 2.24) is 4.98 Å². The Morgan fingerprint density at radius 3 is 3.07 bits per heavy atom. The molecule has 1 aromatic heterocycles. The summed E-state index contributed by atoms with van der Waals surface area (Å²) >= 11 is 0. The van der Waals surface area contributed by atoms with Gasteiger partial charge in [0.05, 0.1) is 5.60 Å². The first-order valence-corrected chi connectivity index (χ1v) is 4.80. The Hall–Kier alpha value is -1.35. The molecule has 1 fully saturated rings. The van der Waals surface area contributed by atoms with Crippen molar-refractivity contribution in [1.29, 1.82) is 0 Å². The van der Waals surface area contributed by atoms with Gasteiger partial charge in [0.15, 0.2) is 12.0 Å². The van der Waals surface area contributed by atoms with Crippen LogP contribution in [0.3, 0.4) is 0 Å². The second-order valence-electron chi connectivity index (χ2n) is 4.06. The number of aliphatic hydroxyl groups is 1. The van der Waals surface area contributed by atoms with Gasteiger partial charge in [-0.1, -0.05) is 6.07 Å². The van der Waals surface area contributed by atoms with Crippen LogP contribution >= 0.6 is 0 Å². The quantitative estimate of drug-likeness (QED) is 0.784. The van der Waals surface area contributed by atoms with E-state index < -0.39 is 5.60 Å². The zero-order valence-corrected chi connectivity index (χ0v) is 7.73. The van der Waals surface area contributed by atoms with Gasteiger partial charge in [0.25, 0.3) is 0 Å². The van der Waals surface area contributed by atoms with E-state index in [0.29, 0.717) is 0 Å². The predicted molar refractivity (Wildman–Crippen MR) is 51.9 cm³/mol. The monoisotopic (exact) mass is 189 g/mol. The minimum absolute atomic E-state index is 0.437. The molecule has 0 aliphatic heterocycles. The SMILES string of the molecule is OC1(Cc2ccc3ncoc3c2)CC1. The molecule has 3 heteroatoms. The molecule has 1 N–H and O–H groups in total. The third kappa shape index (κ3) is 1.30. The molecule has 1 aromatic carbocycles. The average Bonchev–Trinajstić information content (AvgIpc) is 2.73. The molecular formula is C11H11NO2. The summed E-state index contributed by atoms with van der Waals surface area (Å²) in [7, 11) is 0. The van der Waals surface area contributed by atoms with Crippen molar-refractivity contribution >= 4 is 11.1 Å². The summed E-state index contributed by atoms with van der Waals surface area (Å²) < 4.78 is 5.20. The van der Waals surface area contributed by atoms with Crippen molar-refractivity contribution in [3.8, 4) is 0 Å². The van der Waals surface area contributed by atoms with E-state index in [0.717, 1.165) is 35.9 Å². The number of rotatable bonds is 2. The summed E-state index contributed by atoms with van der Waals surface area (Å²) in [5.74, 6) is 0. The lowest BCUT2D eigenvalue weighted by Crippen LogP contribution is -2.10. The van der Waals surface area contributed by atoms with Crippen LogP contribution in [0.1, 0.15) is 18.4 Å². The van der Waals surface area contributed by atoms with Gasteiger partial charge >= 0.3 is 0 Å². The van der Waals surface area contributed by atoms with Gasteiger partial charge in [-0.25, -0.2) is 4.98 Å². The maximum absolute atomic E-state index is 9.76. The highest BCUT2D eigenvalue weighted by atomic mass is 16.3. The van der Waals surface area contributed by atoms with Crippen molar-refractivity contribution in [3.63, 3.8) is 0 Å². The van der Waals surface area contributed by atoms with Crippen LogP contribution in [0.15, 0.2) is 29.0 Å². The van der Waals surface area contributed by atoms with Gasteiger partial charge in [0.1, 0.15) is 5.52 Å². The number of oxazole rings is 1. The second kappa shape index (κ2) is 2.58. The number of benzene rings is 1. The number of hydrogen-bond donors (Lipinski definition) is 1. The minimum Gasteiger partial charge on any atom is -0.443 e. The molecule has 1 aliphatic carbocycles. The van der Waals surface area contributed by atoms with E-state index in [4.69, 9.17) is 4.42 Å². The van der Waals surface area contributed by atoms with Crippen LogP contribution in [0, 0.1) is 0 Å². The van der Waals surface area contributed by atoms with Gasteiger partial charge in [-0.2, -0.15) is 0 Å². The Balaban J connectivity index is 1.97. The summed E-state index contributed by atoms with van der Waals surface area (Å²) in [5.41, 5.74) is 2.35. The molecule has 3 nitrogen and oxygen atoms in total. The largest absolute Gasteiger partial charge is 0.443 e. The first-order valence-electron chi connectivity index (χ1n) is 4.80. The maximum Gasteiger partial charge on any atom is 0.181 e. The van der Waals surface area contributed by atoms with Gasteiger partial charge in [-0.05, 0) is 30.5 Å². The fraction of sp³-hybridized carbons (Fsp3) is 0.364. The molecule has 0 bridgehead atoms. The lowest BCUT2D eigenvalue weighted by Gasteiger charge is -2.06. The summed E-state index contributed by atoms with van der Waals surface area (Å²) in [6.07, 6.45) is 4.01. The Morgan fingerprint density at radius 1 is 1.43 bits per heavy atom. The van der Waals surface area contributed by atoms with E-state index in [1.165, 1.54) is 6.39 Å². The summed E-state index contributed by atoms with van der Waals surface area (Å²) in [4.78, 5) is 4.04. The highest BCUT2D eigenvalue weighted by molar-refractivity contribution is 5.72. The van der Waals surface area contributed by atoms with E-state index in [-0.39, 0.29) is 0 Å². The van der Waals surface area contributed by atoms with Crippen molar-refractivity contribution < 1.29 is 9.52 Å². The predicted octanol–water partition coefficient (Wildman–Crippen LogP) is 1.90. The molecule has 0 spiro atoms. The molecule has 1 saturated carbocycles. The third-order valence-electron chi connectivity index (χ3n) is 2.76. The first kappa shape index (κ1) is 8.00. The number of aromatic nitrogens is 1. The smallest absolute Gasteiger partial charge is 0.181 e. The molecule has 1 heterocycles. The molecule has 1 aliphatic rings. The highest BCUT2D eigenvalue weighted by Gasteiger charge is 2.40. The zero-order valence-electron chi connectivity index (χ0n) is 7.73. The number of nitrogens with zero attached hydrogens (tertiary/aromatic N) is 1. The fourth-order valence-electron chi connectivity index (χ4n) is 1.71. The van der Waals surface area contributed by atoms with E-state index in [9.17, 15) is 5.11 Å². The van der Waals surface area contributed by atoms with Gasteiger partial charge in [-0.3, -0.25) is 0 Å². The van der Waals surface area contributed by atoms with E-state index in [1.54, 1.807) is 0 Å². The summed E-state index contributed by atoms with van der Waals surface area (Å²) in [5, 5.41) is 9.76. The Bertz CT molecular complexity index is 471. The van der Waals surface area contributed by atoms with E-state index in [2.05, 4.69) is 4.98 Å². The Labute approximate surface area is 81.4 Å². The highest BCUT2D eigenvalue weighted by Crippen LogP contribution is 2.38. The maximum atomic E-state index is 9.76. The van der Waals surface area contributed by atoms with Crippen LogP contribution in [0.5, 0.6) is 0 Å². The van der Waals surface area contributed by atoms with E-state index >= 15 is 0 Å². The molecule has 0 radical (unpaired) electrons. The molecule has 14 heavy (non-hydrogen) atoms. The molecular weight excluding hydrogens is 178 g/mol. The molecule has 0 amide bonds. The zero-order chi connectivity index (χ0) is 9.60. The Morgan fingerprint density at radius 2 is 2.29 bits per heavy atom.